The van der Waals surface area contributed by atoms with E-state index in [1.807, 2.05) is 36.5 Å². The molecule has 1 unspecified atom stereocenters. The van der Waals surface area contributed by atoms with Crippen LogP contribution in [0.25, 0.3) is 21.7 Å². The molecule has 1 aliphatic carbocycles. The maximum absolute atomic E-state index is 13.5. The summed E-state index contributed by atoms with van der Waals surface area (Å²) in [5.74, 6) is 1.22. The van der Waals surface area contributed by atoms with Crippen molar-refractivity contribution in [2.45, 2.75) is 76.7 Å². The van der Waals surface area contributed by atoms with E-state index in [2.05, 4.69) is 79.2 Å². The number of carbonyl (C=O) groups excluding carboxylic acids is 1. The zero-order valence-electron chi connectivity index (χ0n) is 24.5. The number of ketones is 1. The minimum atomic E-state index is -1.93. The summed E-state index contributed by atoms with van der Waals surface area (Å²) in [6.07, 6.45) is 4.34. The number of benzene rings is 3. The number of hydrogen-bond acceptors (Lipinski definition) is 4. The van der Waals surface area contributed by atoms with Gasteiger partial charge in [-0.3, -0.25) is 4.79 Å². The molecule has 1 heterocycles. The van der Waals surface area contributed by atoms with Crippen LogP contribution in [0.3, 0.4) is 0 Å². The first-order chi connectivity index (χ1) is 19.3. The molecule has 41 heavy (non-hydrogen) atoms. The number of hydrogen-bond donors (Lipinski definition) is 1. The molecule has 218 valence electrons. The Morgan fingerprint density at radius 3 is 2.59 bits per heavy atom. The second-order valence-corrected chi connectivity index (χ2v) is 19.2. The van der Waals surface area contributed by atoms with Crippen LogP contribution in [0, 0.1) is 3.57 Å². The summed E-state index contributed by atoms with van der Waals surface area (Å²) in [5, 5.41) is 14.6. The Morgan fingerprint density at radius 2 is 1.88 bits per heavy atom. The predicted octanol–water partition coefficient (Wildman–Crippen LogP) is 8.96. The van der Waals surface area contributed by atoms with Crippen molar-refractivity contribution in [2.75, 3.05) is 13.2 Å². The van der Waals surface area contributed by atoms with Gasteiger partial charge in [0.2, 0.25) is 5.78 Å². The maximum Gasteiger partial charge on any atom is 0.202 e. The molecule has 0 saturated heterocycles. The lowest BCUT2D eigenvalue weighted by molar-refractivity contribution is 0.0894. The van der Waals surface area contributed by atoms with Crippen LogP contribution in [0.5, 0.6) is 5.75 Å². The first-order valence-corrected chi connectivity index (χ1v) is 18.7. The molecule has 0 bridgehead atoms. The second-order valence-electron chi connectivity index (χ2n) is 12.8. The Bertz CT molecular complexity index is 1590. The van der Waals surface area contributed by atoms with Crippen LogP contribution in [-0.2, 0) is 11.0 Å². The highest BCUT2D eigenvalue weighted by Crippen LogP contribution is 2.41. The molecule has 0 aliphatic heterocycles. The monoisotopic (exact) mass is 703 g/mol. The van der Waals surface area contributed by atoms with Crippen LogP contribution < -0.4 is 4.74 Å². The van der Waals surface area contributed by atoms with E-state index >= 15 is 0 Å². The molecule has 0 spiro atoms. The number of nitrogens with zero attached hydrogens (tertiary/aromatic N) is 1. The van der Waals surface area contributed by atoms with Gasteiger partial charge in [0.1, 0.15) is 5.75 Å². The molecular formula is C33H39ClINO4Si. The van der Waals surface area contributed by atoms with Crippen molar-refractivity contribution in [1.82, 2.24) is 4.57 Å². The summed E-state index contributed by atoms with van der Waals surface area (Å²) in [5.41, 5.74) is 3.00. The molecule has 1 aromatic heterocycles. The summed E-state index contributed by atoms with van der Waals surface area (Å²) in [6, 6.07) is 16.2. The lowest BCUT2D eigenvalue weighted by Crippen LogP contribution is -2.42. The Hall–Kier alpha value is -1.91. The number of aryl methyl sites for hydroxylation is 1. The highest BCUT2D eigenvalue weighted by Gasteiger charge is 2.37. The summed E-state index contributed by atoms with van der Waals surface area (Å²) < 4.78 is 15.4. The molecule has 4 aromatic rings. The normalized spacial score (nSPS) is 15.0. The third-order valence-electron chi connectivity index (χ3n) is 8.61. The minimum Gasteiger partial charge on any atom is -0.484 e. The third-order valence-corrected chi connectivity index (χ3v) is 14.2. The highest BCUT2D eigenvalue weighted by molar-refractivity contribution is 14.1. The van der Waals surface area contributed by atoms with Gasteiger partial charge in [0, 0.05) is 34.2 Å². The van der Waals surface area contributed by atoms with Crippen molar-refractivity contribution in [3.8, 4) is 5.75 Å². The van der Waals surface area contributed by atoms with E-state index in [1.54, 1.807) is 0 Å². The zero-order chi connectivity index (χ0) is 29.5. The number of aromatic nitrogens is 1. The molecule has 5 nitrogen and oxygen atoms in total. The van der Waals surface area contributed by atoms with E-state index < -0.39 is 14.4 Å². The molecule has 1 N–H and O–H groups in total. The van der Waals surface area contributed by atoms with Crippen LogP contribution in [0.2, 0.25) is 23.2 Å². The van der Waals surface area contributed by atoms with E-state index in [1.165, 1.54) is 18.4 Å². The number of carbonyl (C=O) groups is 1. The van der Waals surface area contributed by atoms with E-state index in [9.17, 15) is 9.90 Å². The van der Waals surface area contributed by atoms with Gasteiger partial charge in [-0.25, -0.2) is 0 Å². The summed E-state index contributed by atoms with van der Waals surface area (Å²) in [6.45, 7) is 11.9. The number of aliphatic hydroxyl groups is 1. The van der Waals surface area contributed by atoms with Crippen LogP contribution in [0.15, 0.2) is 54.7 Å². The summed E-state index contributed by atoms with van der Waals surface area (Å²) >= 11 is 8.39. The first-order valence-electron chi connectivity index (χ1n) is 14.3. The Morgan fingerprint density at radius 1 is 1.12 bits per heavy atom. The average molecular weight is 704 g/mol. The highest BCUT2D eigenvalue weighted by atomic mass is 127. The van der Waals surface area contributed by atoms with Crippen LogP contribution >= 0.6 is 34.2 Å². The number of halogens is 2. The predicted molar refractivity (Wildman–Crippen MR) is 179 cm³/mol. The quantitative estimate of drug-likeness (QED) is 0.0963. The van der Waals surface area contributed by atoms with Crippen molar-refractivity contribution in [2.24, 2.45) is 0 Å². The molecule has 3 aromatic carbocycles. The molecular weight excluding hydrogens is 665 g/mol. The first kappa shape index (κ1) is 30.5. The van der Waals surface area contributed by atoms with Crippen LogP contribution in [0.1, 0.15) is 61.9 Å². The number of rotatable bonds is 11. The van der Waals surface area contributed by atoms with E-state index in [4.69, 9.17) is 20.8 Å². The topological polar surface area (TPSA) is 60.7 Å². The van der Waals surface area contributed by atoms with Gasteiger partial charge in [-0.1, -0.05) is 50.6 Å². The van der Waals surface area contributed by atoms with Gasteiger partial charge in [0.25, 0.3) is 0 Å². The van der Waals surface area contributed by atoms with Gasteiger partial charge in [0.05, 0.1) is 16.3 Å². The van der Waals surface area contributed by atoms with Gasteiger partial charge in [-0.15, -0.1) is 0 Å². The smallest absolute Gasteiger partial charge is 0.202 e. The lowest BCUT2D eigenvalue weighted by Gasteiger charge is -2.36. The minimum absolute atomic E-state index is 0.0540. The van der Waals surface area contributed by atoms with Gasteiger partial charge in [-0.2, -0.15) is 0 Å². The molecule has 1 saturated carbocycles. The largest absolute Gasteiger partial charge is 0.484 e. The maximum atomic E-state index is 13.5. The average Bonchev–Trinajstić information content (AvgIpc) is 3.70. The lowest BCUT2D eigenvalue weighted by atomic mass is 10.1. The van der Waals surface area contributed by atoms with Gasteiger partial charge < -0.3 is 18.8 Å². The molecule has 5 rings (SSSR count). The number of fused-ring (bicyclic) bond motifs is 2. The molecule has 0 radical (unpaired) electrons. The van der Waals surface area contributed by atoms with Crippen molar-refractivity contribution in [3.63, 3.8) is 0 Å². The molecule has 1 atom stereocenters. The van der Waals surface area contributed by atoms with Gasteiger partial charge >= 0.3 is 0 Å². The molecule has 8 heteroatoms. The van der Waals surface area contributed by atoms with E-state index in [0.29, 0.717) is 41.8 Å². The number of ether oxygens (including phenoxy) is 1. The summed E-state index contributed by atoms with van der Waals surface area (Å²) in [7, 11) is -1.93. The van der Waals surface area contributed by atoms with Crippen LogP contribution in [0.4, 0.5) is 0 Å². The Labute approximate surface area is 262 Å². The standard InChI is InChI=1S/C33H39ClINO4Si/c1-33(2,3)41(4,5)40-19-26(37)12-13-36-18-28(27-11-9-22(16-30(27)36)21-6-7-21)31(38)20-39-32-17-23-8-10-25(34)14-24(23)15-29(32)35/h8-11,14-18,21,26,37H,6-7,12-13,19-20H2,1-5H3. The van der Waals surface area contributed by atoms with E-state index in [-0.39, 0.29) is 17.4 Å². The Kier molecular flexibility index (Phi) is 8.93. The SMILES string of the molecule is CC(C)(C)[Si](C)(C)OCC(O)CCn1cc(C(=O)COc2cc3ccc(Cl)cc3cc2I)c2ccc(C3CC3)cc21. The number of aliphatic hydroxyl groups excluding tert-OH is 1. The van der Waals surface area contributed by atoms with Crippen molar-refractivity contribution < 1.29 is 19.1 Å². The zero-order valence-corrected chi connectivity index (χ0v) is 28.4. The van der Waals surface area contributed by atoms with Gasteiger partial charge in [-0.05, 0) is 113 Å². The van der Waals surface area contributed by atoms with Crippen LogP contribution in [-0.4, -0.2) is 43.1 Å². The molecule has 1 aliphatic rings. The van der Waals surface area contributed by atoms with Crippen molar-refractivity contribution >= 4 is 70.0 Å². The fraction of sp³-hybridized carbons (Fsp3) is 0.424. The molecule has 1 fully saturated rings. The fourth-order valence-electron chi connectivity index (χ4n) is 4.83. The van der Waals surface area contributed by atoms with Crippen molar-refractivity contribution in [1.29, 1.82) is 0 Å². The molecule has 0 amide bonds. The Balaban J connectivity index is 1.32. The van der Waals surface area contributed by atoms with E-state index in [0.717, 1.165) is 25.2 Å². The number of Topliss-reactive ketones (excluding diaryl/α,β-unsaturated/α-hetero) is 1. The fourth-order valence-corrected chi connectivity index (χ4v) is 6.70. The second kappa shape index (κ2) is 12.0. The third kappa shape index (κ3) is 7.01. The summed E-state index contributed by atoms with van der Waals surface area (Å²) in [4.78, 5) is 13.5. The van der Waals surface area contributed by atoms with Gasteiger partial charge in [0.15, 0.2) is 14.9 Å². The van der Waals surface area contributed by atoms with Crippen molar-refractivity contribution in [3.05, 3.63) is 74.4 Å².